The van der Waals surface area contributed by atoms with Gasteiger partial charge in [0.25, 0.3) is 0 Å². The van der Waals surface area contributed by atoms with Crippen molar-refractivity contribution in [2.75, 3.05) is 26.2 Å². The number of hydrogen-bond donors (Lipinski definition) is 2. The number of aromatic hydroxyl groups is 1. The molecule has 108 valence electrons. The third-order valence-corrected chi connectivity index (χ3v) is 3.52. The van der Waals surface area contributed by atoms with Gasteiger partial charge in [0.2, 0.25) is 0 Å². The molecule has 0 spiro atoms. The number of rotatable bonds is 9. The largest absolute Gasteiger partial charge is 0.508 e. The minimum Gasteiger partial charge on any atom is -0.508 e. The van der Waals surface area contributed by atoms with E-state index in [1.807, 2.05) is 12.1 Å². The molecule has 0 heterocycles. The molecule has 1 atom stereocenters. The molecule has 1 unspecified atom stereocenters. The topological polar surface area (TPSA) is 35.5 Å². The zero-order valence-electron chi connectivity index (χ0n) is 12.5. The summed E-state index contributed by atoms with van der Waals surface area (Å²) < 4.78 is 0. The highest BCUT2D eigenvalue weighted by Gasteiger charge is 2.04. The minimum atomic E-state index is 0.337. The Bertz CT molecular complexity index is 333. The lowest BCUT2D eigenvalue weighted by atomic mass is 10.1. The number of phenolic OH excluding ortho intramolecular Hbond substituents is 1. The van der Waals surface area contributed by atoms with Crippen molar-refractivity contribution in [3.8, 4) is 5.75 Å². The van der Waals surface area contributed by atoms with Crippen LogP contribution in [0.25, 0.3) is 0 Å². The molecule has 0 radical (unpaired) electrons. The maximum atomic E-state index is 9.24. The van der Waals surface area contributed by atoms with Crippen LogP contribution < -0.4 is 5.32 Å². The summed E-state index contributed by atoms with van der Waals surface area (Å²) >= 11 is 0. The van der Waals surface area contributed by atoms with E-state index in [1.165, 1.54) is 18.5 Å². The van der Waals surface area contributed by atoms with E-state index in [1.54, 1.807) is 12.1 Å². The van der Waals surface area contributed by atoms with Gasteiger partial charge in [-0.2, -0.15) is 0 Å². The minimum absolute atomic E-state index is 0.337. The van der Waals surface area contributed by atoms with Crippen LogP contribution in [0, 0.1) is 0 Å². The highest BCUT2D eigenvalue weighted by molar-refractivity contribution is 5.26. The van der Waals surface area contributed by atoms with Gasteiger partial charge in [-0.1, -0.05) is 26.0 Å². The van der Waals surface area contributed by atoms with E-state index in [-0.39, 0.29) is 0 Å². The predicted octanol–water partition coefficient (Wildman–Crippen LogP) is 2.64. The maximum absolute atomic E-state index is 9.24. The molecule has 1 aromatic carbocycles. The first-order valence-corrected chi connectivity index (χ1v) is 7.39. The monoisotopic (exact) mass is 264 g/mol. The Balaban J connectivity index is 2.17. The first-order chi connectivity index (χ1) is 9.15. The van der Waals surface area contributed by atoms with Crippen LogP contribution in [0.4, 0.5) is 0 Å². The number of phenols is 1. The van der Waals surface area contributed by atoms with Crippen LogP contribution in [0.2, 0.25) is 0 Å². The van der Waals surface area contributed by atoms with Gasteiger partial charge in [-0.05, 0) is 63.6 Å². The average molecular weight is 264 g/mol. The second kappa shape index (κ2) is 8.94. The number of hydrogen-bond acceptors (Lipinski definition) is 3. The fourth-order valence-electron chi connectivity index (χ4n) is 2.25. The van der Waals surface area contributed by atoms with Crippen LogP contribution >= 0.6 is 0 Å². The van der Waals surface area contributed by atoms with Crippen LogP contribution in [0.5, 0.6) is 5.75 Å². The first kappa shape index (κ1) is 16.0. The molecule has 1 aromatic rings. The van der Waals surface area contributed by atoms with Crippen molar-refractivity contribution in [1.82, 2.24) is 10.2 Å². The molecule has 0 aliphatic heterocycles. The Morgan fingerprint density at radius 2 is 1.79 bits per heavy atom. The summed E-state index contributed by atoms with van der Waals surface area (Å²) in [4.78, 5) is 2.45. The van der Waals surface area contributed by atoms with E-state index in [2.05, 4.69) is 31.0 Å². The lowest BCUT2D eigenvalue weighted by molar-refractivity contribution is 0.296. The molecule has 0 aromatic heterocycles. The molecule has 2 N–H and O–H groups in total. The van der Waals surface area contributed by atoms with Crippen molar-refractivity contribution in [3.05, 3.63) is 29.8 Å². The van der Waals surface area contributed by atoms with Crippen molar-refractivity contribution in [2.45, 2.75) is 39.7 Å². The summed E-state index contributed by atoms with van der Waals surface area (Å²) in [6.45, 7) is 11.2. The Morgan fingerprint density at radius 1 is 1.16 bits per heavy atom. The van der Waals surface area contributed by atoms with Gasteiger partial charge in [-0.3, -0.25) is 0 Å². The van der Waals surface area contributed by atoms with Gasteiger partial charge < -0.3 is 15.3 Å². The van der Waals surface area contributed by atoms with E-state index >= 15 is 0 Å². The molecule has 1 rings (SSSR count). The smallest absolute Gasteiger partial charge is 0.115 e. The number of benzene rings is 1. The highest BCUT2D eigenvalue weighted by Crippen LogP contribution is 2.11. The van der Waals surface area contributed by atoms with E-state index in [9.17, 15) is 5.11 Å². The average Bonchev–Trinajstić information content (AvgIpc) is 2.42. The molecule has 0 saturated carbocycles. The summed E-state index contributed by atoms with van der Waals surface area (Å²) in [5.74, 6) is 0.337. The van der Waals surface area contributed by atoms with E-state index < -0.39 is 0 Å². The second-order valence-electron chi connectivity index (χ2n) is 5.11. The van der Waals surface area contributed by atoms with Crippen LogP contribution in [0.15, 0.2) is 24.3 Å². The molecule has 0 bridgehead atoms. The van der Waals surface area contributed by atoms with Crippen molar-refractivity contribution < 1.29 is 5.11 Å². The van der Waals surface area contributed by atoms with E-state index in [4.69, 9.17) is 0 Å². The molecular weight excluding hydrogens is 236 g/mol. The van der Waals surface area contributed by atoms with E-state index in [0.29, 0.717) is 11.8 Å². The Labute approximate surface area is 117 Å². The Morgan fingerprint density at radius 3 is 2.37 bits per heavy atom. The predicted molar refractivity (Wildman–Crippen MR) is 81.7 cm³/mol. The first-order valence-electron chi connectivity index (χ1n) is 7.39. The summed E-state index contributed by atoms with van der Waals surface area (Å²) in [6.07, 6.45) is 2.20. The Hall–Kier alpha value is -1.06. The molecule has 0 fully saturated rings. The molecule has 0 saturated heterocycles. The zero-order valence-corrected chi connectivity index (χ0v) is 12.5. The van der Waals surface area contributed by atoms with Crippen molar-refractivity contribution in [1.29, 1.82) is 0 Å². The Kier molecular flexibility index (Phi) is 7.53. The van der Waals surface area contributed by atoms with Crippen LogP contribution in [0.3, 0.4) is 0 Å². The van der Waals surface area contributed by atoms with Crippen molar-refractivity contribution >= 4 is 0 Å². The summed E-state index contributed by atoms with van der Waals surface area (Å²) in [6, 6.07) is 7.96. The van der Waals surface area contributed by atoms with Gasteiger partial charge >= 0.3 is 0 Å². The standard InChI is InChI=1S/C16H28N2O/c1-4-18(5-2)12-6-11-17-14(3)13-15-7-9-16(19)10-8-15/h7-10,14,17,19H,4-6,11-13H2,1-3H3. The normalized spacial score (nSPS) is 12.8. The molecule has 19 heavy (non-hydrogen) atoms. The fourth-order valence-corrected chi connectivity index (χ4v) is 2.25. The molecule has 3 nitrogen and oxygen atoms in total. The van der Waals surface area contributed by atoms with Gasteiger partial charge in [-0.15, -0.1) is 0 Å². The van der Waals surface area contributed by atoms with Gasteiger partial charge in [0.1, 0.15) is 5.75 Å². The van der Waals surface area contributed by atoms with Crippen LogP contribution in [-0.4, -0.2) is 42.2 Å². The second-order valence-corrected chi connectivity index (χ2v) is 5.11. The summed E-state index contributed by atoms with van der Waals surface area (Å²) in [5, 5.41) is 12.8. The highest BCUT2D eigenvalue weighted by atomic mass is 16.3. The van der Waals surface area contributed by atoms with Crippen LogP contribution in [-0.2, 0) is 6.42 Å². The molecule has 0 amide bonds. The molecular formula is C16H28N2O. The van der Waals surface area contributed by atoms with E-state index in [0.717, 1.165) is 26.1 Å². The zero-order chi connectivity index (χ0) is 14.1. The third kappa shape index (κ3) is 6.60. The fraction of sp³-hybridized carbons (Fsp3) is 0.625. The quantitative estimate of drug-likeness (QED) is 0.673. The molecule has 0 aliphatic carbocycles. The number of nitrogens with zero attached hydrogens (tertiary/aromatic N) is 1. The van der Waals surface area contributed by atoms with Crippen molar-refractivity contribution in [3.63, 3.8) is 0 Å². The SMILES string of the molecule is CCN(CC)CCCNC(C)Cc1ccc(O)cc1. The summed E-state index contributed by atoms with van der Waals surface area (Å²) in [5.41, 5.74) is 1.27. The van der Waals surface area contributed by atoms with Crippen molar-refractivity contribution in [2.24, 2.45) is 0 Å². The maximum Gasteiger partial charge on any atom is 0.115 e. The van der Waals surface area contributed by atoms with Gasteiger partial charge in [-0.25, -0.2) is 0 Å². The van der Waals surface area contributed by atoms with Crippen LogP contribution in [0.1, 0.15) is 32.8 Å². The summed E-state index contributed by atoms with van der Waals surface area (Å²) in [7, 11) is 0. The van der Waals surface area contributed by atoms with Gasteiger partial charge in [0.15, 0.2) is 0 Å². The lowest BCUT2D eigenvalue weighted by Gasteiger charge is -2.19. The lowest BCUT2D eigenvalue weighted by Crippen LogP contribution is -2.32. The number of nitrogens with one attached hydrogen (secondary N) is 1. The van der Waals surface area contributed by atoms with Gasteiger partial charge in [0.05, 0.1) is 0 Å². The molecule has 3 heteroatoms. The molecule has 0 aliphatic rings. The van der Waals surface area contributed by atoms with Gasteiger partial charge in [0, 0.05) is 6.04 Å². The third-order valence-electron chi connectivity index (χ3n) is 3.52.